The normalized spacial score (nSPS) is 22.7. The zero-order valence-corrected chi connectivity index (χ0v) is 14.6. The number of hydrogen-bond donors (Lipinski definition) is 3. The van der Waals surface area contributed by atoms with Crippen molar-refractivity contribution in [3.8, 4) is 11.4 Å². The zero-order chi connectivity index (χ0) is 17.6. The van der Waals surface area contributed by atoms with E-state index in [-0.39, 0.29) is 5.91 Å². The van der Waals surface area contributed by atoms with Gasteiger partial charge in [-0.1, -0.05) is 0 Å². The van der Waals surface area contributed by atoms with E-state index in [1.54, 1.807) is 24.8 Å². The predicted molar refractivity (Wildman–Crippen MR) is 95.5 cm³/mol. The van der Waals surface area contributed by atoms with Crippen LogP contribution in [0, 0.1) is 5.92 Å². The summed E-state index contributed by atoms with van der Waals surface area (Å²) in [5.74, 6) is 1.04. The molecule has 0 aromatic carbocycles. The second-order valence-corrected chi connectivity index (χ2v) is 6.46. The second kappa shape index (κ2) is 8.13. The largest absolute Gasteiger partial charge is 0.352 e. The molecule has 1 saturated heterocycles. The highest BCUT2D eigenvalue weighted by atomic mass is 16.1. The highest BCUT2D eigenvalue weighted by Crippen LogP contribution is 2.19. The molecule has 0 saturated carbocycles. The smallest absolute Gasteiger partial charge is 0.254 e. The molecular weight excluding hydrogens is 316 g/mol. The van der Waals surface area contributed by atoms with Crippen LogP contribution in [0.1, 0.15) is 37.0 Å². The summed E-state index contributed by atoms with van der Waals surface area (Å²) in [5, 5.41) is 2.94. The monoisotopic (exact) mass is 340 g/mol. The van der Waals surface area contributed by atoms with Gasteiger partial charge in [0.05, 0.1) is 5.56 Å². The second-order valence-electron chi connectivity index (χ2n) is 6.46. The van der Waals surface area contributed by atoms with Crippen LogP contribution >= 0.6 is 0 Å². The van der Waals surface area contributed by atoms with Crippen LogP contribution in [0.2, 0.25) is 0 Å². The molecule has 3 N–H and O–H groups in total. The molecule has 1 fully saturated rings. The van der Waals surface area contributed by atoms with Crippen LogP contribution in [-0.4, -0.2) is 39.5 Å². The first-order chi connectivity index (χ1) is 12.1. The maximum absolute atomic E-state index is 12.2. The van der Waals surface area contributed by atoms with E-state index in [2.05, 4.69) is 45.0 Å². The fraction of sp³-hybridized carbons (Fsp3) is 0.444. The van der Waals surface area contributed by atoms with Crippen molar-refractivity contribution in [3.05, 3.63) is 42.5 Å². The van der Waals surface area contributed by atoms with Crippen molar-refractivity contribution in [3.63, 3.8) is 0 Å². The molecule has 3 rings (SSSR count). The van der Waals surface area contributed by atoms with E-state index >= 15 is 0 Å². The predicted octanol–water partition coefficient (Wildman–Crippen LogP) is 1.55. The number of pyridine rings is 1. The topological polar surface area (TPSA) is 91.8 Å². The molecule has 0 aliphatic carbocycles. The van der Waals surface area contributed by atoms with Crippen LogP contribution in [0.4, 0.5) is 0 Å². The lowest BCUT2D eigenvalue weighted by Gasteiger charge is -2.17. The van der Waals surface area contributed by atoms with E-state index in [0.29, 0.717) is 35.9 Å². The Bertz CT molecular complexity index is 680. The average Bonchev–Trinajstić information content (AvgIpc) is 2.97. The van der Waals surface area contributed by atoms with Crippen molar-refractivity contribution in [1.82, 2.24) is 31.1 Å². The summed E-state index contributed by atoms with van der Waals surface area (Å²) in [6, 6.07) is 4.59. The van der Waals surface area contributed by atoms with Crippen molar-refractivity contribution in [2.45, 2.75) is 38.8 Å². The quantitative estimate of drug-likeness (QED) is 0.691. The Balaban J connectivity index is 1.47. The fourth-order valence-electron chi connectivity index (χ4n) is 3.15. The molecule has 2 atom stereocenters. The Labute approximate surface area is 147 Å². The van der Waals surface area contributed by atoms with E-state index in [9.17, 15) is 4.79 Å². The van der Waals surface area contributed by atoms with Crippen LogP contribution in [0.25, 0.3) is 11.4 Å². The summed E-state index contributed by atoms with van der Waals surface area (Å²) in [4.78, 5) is 24.7. The maximum atomic E-state index is 12.2. The molecule has 0 spiro atoms. The average molecular weight is 340 g/mol. The third kappa shape index (κ3) is 4.37. The van der Waals surface area contributed by atoms with Crippen LogP contribution < -0.4 is 16.2 Å². The highest BCUT2D eigenvalue weighted by molar-refractivity contribution is 5.93. The van der Waals surface area contributed by atoms with E-state index < -0.39 is 0 Å². The van der Waals surface area contributed by atoms with Crippen LogP contribution in [0.5, 0.6) is 0 Å². The summed E-state index contributed by atoms with van der Waals surface area (Å²) in [6.45, 7) is 5.02. The van der Waals surface area contributed by atoms with E-state index in [0.717, 1.165) is 18.4 Å². The number of aromatic nitrogens is 3. The highest BCUT2D eigenvalue weighted by Gasteiger charge is 2.28. The van der Waals surface area contributed by atoms with Crippen LogP contribution in [0.3, 0.4) is 0 Å². The number of hydrazine groups is 1. The van der Waals surface area contributed by atoms with Crippen molar-refractivity contribution < 1.29 is 4.79 Å². The number of amides is 1. The summed E-state index contributed by atoms with van der Waals surface area (Å²) in [5.41, 5.74) is 7.87. The zero-order valence-electron chi connectivity index (χ0n) is 14.6. The summed E-state index contributed by atoms with van der Waals surface area (Å²) in [6.07, 6.45) is 8.53. The van der Waals surface area contributed by atoms with Crippen molar-refractivity contribution >= 4 is 5.91 Å². The first kappa shape index (κ1) is 17.4. The van der Waals surface area contributed by atoms with Gasteiger partial charge < -0.3 is 5.32 Å². The summed E-state index contributed by atoms with van der Waals surface area (Å²) < 4.78 is 0. The van der Waals surface area contributed by atoms with Crippen LogP contribution in [-0.2, 0) is 0 Å². The van der Waals surface area contributed by atoms with Gasteiger partial charge in [0.15, 0.2) is 5.82 Å². The SMILES string of the molecule is CC1NNC(C)C1CCCNC(=O)c1cnc(-c2ccncc2)nc1. The number of rotatable bonds is 6. The lowest BCUT2D eigenvalue weighted by Crippen LogP contribution is -2.30. The molecule has 3 heterocycles. The minimum absolute atomic E-state index is 0.134. The van der Waals surface area contributed by atoms with Crippen molar-refractivity contribution in [2.75, 3.05) is 6.54 Å². The molecule has 25 heavy (non-hydrogen) atoms. The summed E-state index contributed by atoms with van der Waals surface area (Å²) in [7, 11) is 0. The van der Waals surface area contributed by atoms with Gasteiger partial charge in [-0.25, -0.2) is 9.97 Å². The van der Waals surface area contributed by atoms with Gasteiger partial charge in [-0.3, -0.25) is 20.6 Å². The Morgan fingerprint density at radius 1 is 1.12 bits per heavy atom. The Morgan fingerprint density at radius 3 is 2.40 bits per heavy atom. The molecule has 0 radical (unpaired) electrons. The molecule has 2 aromatic rings. The molecule has 1 amide bonds. The number of nitrogens with one attached hydrogen (secondary N) is 3. The van der Waals surface area contributed by atoms with Crippen LogP contribution in [0.15, 0.2) is 36.9 Å². The molecule has 132 valence electrons. The number of hydrogen-bond acceptors (Lipinski definition) is 6. The van der Waals surface area contributed by atoms with Gasteiger partial charge in [0.2, 0.25) is 0 Å². The Kier molecular flexibility index (Phi) is 5.67. The molecule has 2 unspecified atom stereocenters. The van der Waals surface area contributed by atoms with Gasteiger partial charge in [0.1, 0.15) is 0 Å². The van der Waals surface area contributed by atoms with Gasteiger partial charge in [0.25, 0.3) is 5.91 Å². The first-order valence-corrected chi connectivity index (χ1v) is 8.67. The number of nitrogens with zero attached hydrogens (tertiary/aromatic N) is 3. The molecular formula is C18H24N6O. The van der Waals surface area contributed by atoms with Gasteiger partial charge in [-0.15, -0.1) is 0 Å². The van der Waals surface area contributed by atoms with Crippen molar-refractivity contribution in [1.29, 1.82) is 0 Å². The summed E-state index contributed by atoms with van der Waals surface area (Å²) >= 11 is 0. The molecule has 2 aromatic heterocycles. The lowest BCUT2D eigenvalue weighted by molar-refractivity contribution is 0.0951. The minimum Gasteiger partial charge on any atom is -0.352 e. The lowest BCUT2D eigenvalue weighted by atomic mass is 9.92. The van der Waals surface area contributed by atoms with Gasteiger partial charge in [0, 0.05) is 49.0 Å². The maximum Gasteiger partial charge on any atom is 0.254 e. The number of carbonyl (C=O) groups is 1. The molecule has 0 bridgehead atoms. The third-order valence-corrected chi connectivity index (χ3v) is 4.68. The molecule has 1 aliphatic heterocycles. The Morgan fingerprint density at radius 2 is 1.76 bits per heavy atom. The van der Waals surface area contributed by atoms with Gasteiger partial charge in [-0.05, 0) is 44.7 Å². The Hall–Kier alpha value is -2.38. The first-order valence-electron chi connectivity index (χ1n) is 8.67. The van der Waals surface area contributed by atoms with E-state index in [1.807, 2.05) is 12.1 Å². The standard InChI is InChI=1S/C18H24N6O/c1-12-16(13(2)24-23-12)4-3-7-20-18(25)15-10-21-17(22-11-15)14-5-8-19-9-6-14/h5-6,8-13,16,23-24H,3-4,7H2,1-2H3,(H,20,25). The van der Waals surface area contributed by atoms with E-state index in [4.69, 9.17) is 0 Å². The molecule has 7 nitrogen and oxygen atoms in total. The van der Waals surface area contributed by atoms with E-state index in [1.165, 1.54) is 0 Å². The van der Waals surface area contributed by atoms with Gasteiger partial charge in [-0.2, -0.15) is 0 Å². The third-order valence-electron chi connectivity index (χ3n) is 4.68. The van der Waals surface area contributed by atoms with Gasteiger partial charge >= 0.3 is 0 Å². The molecule has 7 heteroatoms. The fourth-order valence-corrected chi connectivity index (χ4v) is 3.15. The minimum atomic E-state index is -0.134. The molecule has 1 aliphatic rings. The van der Waals surface area contributed by atoms with Crippen molar-refractivity contribution in [2.24, 2.45) is 5.92 Å². The number of carbonyl (C=O) groups excluding carboxylic acids is 1.